The first-order chi connectivity index (χ1) is 12.2. The van der Waals surface area contributed by atoms with E-state index in [9.17, 15) is 0 Å². The van der Waals surface area contributed by atoms with Crippen molar-refractivity contribution in [1.82, 2.24) is 4.90 Å². The Labute approximate surface area is 150 Å². The lowest BCUT2D eigenvalue weighted by atomic mass is 9.86. The number of rotatable bonds is 3. The second kappa shape index (κ2) is 6.25. The molecule has 25 heavy (non-hydrogen) atoms. The molecule has 1 saturated heterocycles. The summed E-state index contributed by atoms with van der Waals surface area (Å²) in [5.74, 6) is 0.429. The third-order valence-electron chi connectivity index (χ3n) is 5.30. The van der Waals surface area contributed by atoms with Crippen molar-refractivity contribution >= 4 is 6.08 Å². The summed E-state index contributed by atoms with van der Waals surface area (Å²) in [7, 11) is 0. The Morgan fingerprint density at radius 3 is 2.36 bits per heavy atom. The maximum absolute atomic E-state index is 4.29. The first-order valence-electron chi connectivity index (χ1n) is 8.82. The Balaban J connectivity index is 1.80. The molecule has 0 amide bonds. The van der Waals surface area contributed by atoms with Gasteiger partial charge in [0.15, 0.2) is 0 Å². The lowest BCUT2D eigenvalue weighted by Gasteiger charge is -2.32. The van der Waals surface area contributed by atoms with Crippen LogP contribution in [0.1, 0.15) is 40.6 Å². The SMILES string of the molecule is C=Cc1ccc([C@H]2[C@@H](c3ccc(C)cc3)CC3=CC=CC(=C)N32)cc1. The van der Waals surface area contributed by atoms with Crippen LogP contribution in [0.2, 0.25) is 0 Å². The zero-order valence-electron chi connectivity index (χ0n) is 14.7. The highest BCUT2D eigenvalue weighted by Gasteiger charge is 2.40. The molecule has 2 aromatic rings. The molecule has 124 valence electrons. The molecule has 2 aliphatic rings. The van der Waals surface area contributed by atoms with Crippen molar-refractivity contribution in [2.45, 2.75) is 25.3 Å². The van der Waals surface area contributed by atoms with Gasteiger partial charge in [-0.05, 0) is 42.2 Å². The summed E-state index contributed by atoms with van der Waals surface area (Å²) in [6.07, 6.45) is 9.38. The molecule has 2 aliphatic heterocycles. The van der Waals surface area contributed by atoms with Gasteiger partial charge in [0.2, 0.25) is 0 Å². The molecule has 0 spiro atoms. The number of fused-ring (bicyclic) bond motifs is 1. The molecule has 0 aliphatic carbocycles. The largest absolute Gasteiger partial charge is 0.338 e. The van der Waals surface area contributed by atoms with E-state index in [4.69, 9.17) is 0 Å². The summed E-state index contributed by atoms with van der Waals surface area (Å²) in [6, 6.07) is 18.0. The first-order valence-corrected chi connectivity index (χ1v) is 8.82. The van der Waals surface area contributed by atoms with Crippen LogP contribution in [0.3, 0.4) is 0 Å². The molecule has 0 bridgehead atoms. The summed E-state index contributed by atoms with van der Waals surface area (Å²) < 4.78 is 0. The Morgan fingerprint density at radius 2 is 1.68 bits per heavy atom. The topological polar surface area (TPSA) is 3.24 Å². The van der Waals surface area contributed by atoms with Crippen molar-refractivity contribution < 1.29 is 0 Å². The number of hydrogen-bond acceptors (Lipinski definition) is 1. The molecule has 4 rings (SSSR count). The Kier molecular flexibility index (Phi) is 3.93. The highest BCUT2D eigenvalue weighted by atomic mass is 15.2. The molecule has 2 atom stereocenters. The van der Waals surface area contributed by atoms with Gasteiger partial charge in [-0.1, -0.05) is 79.4 Å². The van der Waals surface area contributed by atoms with E-state index in [0.29, 0.717) is 5.92 Å². The Bertz CT molecular complexity index is 865. The molecule has 0 saturated carbocycles. The molecule has 1 nitrogen and oxygen atoms in total. The van der Waals surface area contributed by atoms with E-state index < -0.39 is 0 Å². The average molecular weight is 325 g/mol. The molecule has 1 fully saturated rings. The van der Waals surface area contributed by atoms with Crippen LogP contribution in [0.5, 0.6) is 0 Å². The van der Waals surface area contributed by atoms with Crippen molar-refractivity contribution in [2.24, 2.45) is 0 Å². The number of hydrogen-bond donors (Lipinski definition) is 0. The molecule has 0 aromatic heterocycles. The van der Waals surface area contributed by atoms with Gasteiger partial charge >= 0.3 is 0 Å². The predicted molar refractivity (Wildman–Crippen MR) is 106 cm³/mol. The van der Waals surface area contributed by atoms with Gasteiger partial charge < -0.3 is 4.90 Å². The van der Waals surface area contributed by atoms with E-state index in [1.54, 1.807) is 0 Å². The molecular formula is C24H23N. The maximum Gasteiger partial charge on any atom is 0.0660 e. The lowest BCUT2D eigenvalue weighted by Crippen LogP contribution is -2.23. The summed E-state index contributed by atoms with van der Waals surface area (Å²) in [5, 5.41) is 0. The van der Waals surface area contributed by atoms with E-state index in [-0.39, 0.29) is 6.04 Å². The number of nitrogens with zero attached hydrogens (tertiary/aromatic N) is 1. The van der Waals surface area contributed by atoms with Crippen LogP contribution in [-0.2, 0) is 0 Å². The van der Waals surface area contributed by atoms with Crippen LogP contribution in [0.25, 0.3) is 6.08 Å². The summed E-state index contributed by atoms with van der Waals surface area (Å²) >= 11 is 0. The molecule has 2 heterocycles. The molecule has 1 heteroatoms. The monoisotopic (exact) mass is 325 g/mol. The van der Waals surface area contributed by atoms with Crippen LogP contribution >= 0.6 is 0 Å². The lowest BCUT2D eigenvalue weighted by molar-refractivity contribution is 0.357. The fraction of sp³-hybridized carbons (Fsp3) is 0.167. The van der Waals surface area contributed by atoms with Crippen molar-refractivity contribution in [2.75, 3.05) is 0 Å². The van der Waals surface area contributed by atoms with Gasteiger partial charge in [-0.3, -0.25) is 0 Å². The average Bonchev–Trinajstić information content (AvgIpc) is 3.03. The van der Waals surface area contributed by atoms with Gasteiger partial charge in [0.25, 0.3) is 0 Å². The smallest absolute Gasteiger partial charge is 0.0660 e. The normalized spacial score (nSPS) is 21.9. The van der Waals surface area contributed by atoms with E-state index in [1.165, 1.54) is 22.4 Å². The highest BCUT2D eigenvalue weighted by molar-refractivity contribution is 5.49. The van der Waals surface area contributed by atoms with Crippen LogP contribution in [0.4, 0.5) is 0 Å². The molecule has 2 aromatic carbocycles. The summed E-state index contributed by atoms with van der Waals surface area (Å²) in [6.45, 7) is 10.3. The third-order valence-corrected chi connectivity index (χ3v) is 5.30. The summed E-state index contributed by atoms with van der Waals surface area (Å²) in [4.78, 5) is 2.41. The summed E-state index contributed by atoms with van der Waals surface area (Å²) in [5.41, 5.74) is 7.61. The van der Waals surface area contributed by atoms with Gasteiger partial charge in [-0.15, -0.1) is 0 Å². The van der Waals surface area contributed by atoms with Crippen LogP contribution in [0, 0.1) is 6.92 Å². The Hall–Kier alpha value is -2.80. The maximum atomic E-state index is 4.29. The zero-order chi connectivity index (χ0) is 17.4. The fourth-order valence-corrected chi connectivity index (χ4v) is 3.98. The third kappa shape index (κ3) is 2.76. The second-order valence-corrected chi connectivity index (χ2v) is 6.92. The van der Waals surface area contributed by atoms with Crippen LogP contribution in [0.15, 0.2) is 91.3 Å². The minimum atomic E-state index is 0.283. The standard InChI is InChI=1S/C24H23N/c1-4-19-10-14-21(15-11-19)24-23(20-12-8-17(2)9-13-20)16-22-7-5-6-18(3)25(22)24/h4-15,23-24H,1,3,16H2,2H3/t23-,24+/m1/s1. The van der Waals surface area contributed by atoms with Gasteiger partial charge in [0.05, 0.1) is 6.04 Å². The van der Waals surface area contributed by atoms with Crippen LogP contribution in [-0.4, -0.2) is 4.90 Å². The van der Waals surface area contributed by atoms with E-state index in [1.807, 2.05) is 6.08 Å². The first kappa shape index (κ1) is 15.7. The van der Waals surface area contributed by atoms with Gasteiger partial charge in [0, 0.05) is 17.3 Å². The van der Waals surface area contributed by atoms with E-state index >= 15 is 0 Å². The minimum Gasteiger partial charge on any atom is -0.338 e. The fourth-order valence-electron chi connectivity index (χ4n) is 3.98. The molecule has 0 N–H and O–H groups in total. The minimum absolute atomic E-state index is 0.283. The van der Waals surface area contributed by atoms with E-state index in [0.717, 1.165) is 17.7 Å². The van der Waals surface area contributed by atoms with Gasteiger partial charge in [-0.25, -0.2) is 0 Å². The molecule has 0 radical (unpaired) electrons. The highest BCUT2D eigenvalue weighted by Crippen LogP contribution is 2.51. The van der Waals surface area contributed by atoms with Crippen molar-refractivity contribution in [1.29, 1.82) is 0 Å². The molecule has 0 unspecified atom stereocenters. The quantitative estimate of drug-likeness (QED) is 0.655. The number of allylic oxidation sites excluding steroid dienone is 4. The van der Waals surface area contributed by atoms with Crippen molar-refractivity contribution in [3.05, 3.63) is 114 Å². The Morgan fingerprint density at radius 1 is 1.00 bits per heavy atom. The predicted octanol–water partition coefficient (Wildman–Crippen LogP) is 6.14. The molecular weight excluding hydrogens is 302 g/mol. The zero-order valence-corrected chi connectivity index (χ0v) is 14.7. The van der Waals surface area contributed by atoms with Crippen molar-refractivity contribution in [3.8, 4) is 0 Å². The van der Waals surface area contributed by atoms with Crippen LogP contribution < -0.4 is 0 Å². The second-order valence-electron chi connectivity index (χ2n) is 6.92. The van der Waals surface area contributed by atoms with E-state index in [2.05, 4.69) is 91.7 Å². The van der Waals surface area contributed by atoms with Crippen molar-refractivity contribution in [3.63, 3.8) is 0 Å². The van der Waals surface area contributed by atoms with Gasteiger partial charge in [0.1, 0.15) is 0 Å². The van der Waals surface area contributed by atoms with Gasteiger partial charge in [-0.2, -0.15) is 0 Å². The number of aryl methyl sites for hydroxylation is 1. The number of benzene rings is 2.